The third-order valence-corrected chi connectivity index (χ3v) is 12.4. The second kappa shape index (κ2) is 8.85. The number of aliphatic hydroxyl groups excluding tert-OH is 1. The SMILES string of the molecule is CC(C)(CO)N1CCN(C(=O)OCC23CC2=S(=O)(c2ccc(Cl)cc2)N2[C@H](C4CC4)COC[C@@H]23)CC1. The van der Waals surface area contributed by atoms with Gasteiger partial charge in [0, 0.05) is 52.5 Å². The number of benzene rings is 1. The zero-order chi connectivity index (χ0) is 25.3. The largest absolute Gasteiger partial charge is 0.448 e. The van der Waals surface area contributed by atoms with Crippen molar-refractivity contribution in [3.63, 3.8) is 0 Å². The Morgan fingerprint density at radius 2 is 1.89 bits per heavy atom. The molecule has 4 atom stereocenters. The number of fused-ring (bicyclic) bond motifs is 3. The second-order valence-electron chi connectivity index (χ2n) is 11.6. The fraction of sp³-hybridized carbons (Fsp3) is 0.692. The predicted octanol–water partition coefficient (Wildman–Crippen LogP) is 2.48. The highest BCUT2D eigenvalue weighted by atomic mass is 35.5. The van der Waals surface area contributed by atoms with Crippen molar-refractivity contribution in [2.24, 2.45) is 11.3 Å². The molecule has 2 saturated carbocycles. The van der Waals surface area contributed by atoms with Crippen LogP contribution in [0.15, 0.2) is 29.2 Å². The predicted molar refractivity (Wildman–Crippen MR) is 139 cm³/mol. The van der Waals surface area contributed by atoms with Crippen molar-refractivity contribution in [2.45, 2.75) is 55.6 Å². The summed E-state index contributed by atoms with van der Waals surface area (Å²) in [6.07, 6.45) is 2.67. The number of morpholine rings is 1. The van der Waals surface area contributed by atoms with E-state index in [4.69, 9.17) is 21.1 Å². The number of aliphatic hydroxyl groups is 1. The van der Waals surface area contributed by atoms with Gasteiger partial charge >= 0.3 is 6.09 Å². The number of hydrogen-bond acceptors (Lipinski definition) is 6. The molecule has 6 rings (SSSR count). The van der Waals surface area contributed by atoms with Crippen molar-refractivity contribution >= 4 is 32.3 Å². The summed E-state index contributed by atoms with van der Waals surface area (Å²) < 4.78 is 29.2. The fourth-order valence-electron chi connectivity index (χ4n) is 6.31. The Bertz CT molecular complexity index is 1150. The number of rotatable bonds is 6. The smallest absolute Gasteiger partial charge is 0.409 e. The molecule has 4 fully saturated rings. The Labute approximate surface area is 218 Å². The molecular formula is C26H36ClN3O5S. The van der Waals surface area contributed by atoms with Crippen LogP contribution in [-0.2, 0) is 19.2 Å². The topological polar surface area (TPSA) is 82.6 Å². The van der Waals surface area contributed by atoms with E-state index in [1.165, 1.54) is 0 Å². The van der Waals surface area contributed by atoms with Crippen molar-refractivity contribution in [3.05, 3.63) is 29.3 Å². The lowest BCUT2D eigenvalue weighted by atomic mass is 9.95. The molecule has 1 N–H and O–H groups in total. The molecule has 1 aromatic rings. The van der Waals surface area contributed by atoms with Gasteiger partial charge in [0.2, 0.25) is 0 Å². The summed E-state index contributed by atoms with van der Waals surface area (Å²) >= 11 is 6.15. The molecule has 1 aromatic carbocycles. The van der Waals surface area contributed by atoms with Crippen LogP contribution in [0, 0.1) is 11.3 Å². The first-order valence-electron chi connectivity index (χ1n) is 13.0. The van der Waals surface area contributed by atoms with Gasteiger partial charge in [0.05, 0.1) is 41.0 Å². The number of amides is 1. The van der Waals surface area contributed by atoms with E-state index in [0.717, 1.165) is 22.6 Å². The lowest BCUT2D eigenvalue weighted by molar-refractivity contribution is -0.0418. The maximum Gasteiger partial charge on any atom is 0.409 e. The van der Waals surface area contributed by atoms with E-state index >= 15 is 0 Å². The van der Waals surface area contributed by atoms with E-state index in [0.29, 0.717) is 56.8 Å². The van der Waals surface area contributed by atoms with E-state index in [1.807, 2.05) is 38.1 Å². The van der Waals surface area contributed by atoms with Crippen LogP contribution in [0.4, 0.5) is 4.79 Å². The van der Waals surface area contributed by atoms with Crippen LogP contribution in [0.25, 0.3) is 0 Å². The monoisotopic (exact) mass is 537 g/mol. The highest BCUT2D eigenvalue weighted by molar-refractivity contribution is 8.01. The van der Waals surface area contributed by atoms with E-state index in [9.17, 15) is 14.1 Å². The first-order chi connectivity index (χ1) is 17.2. The van der Waals surface area contributed by atoms with Crippen LogP contribution < -0.4 is 0 Å². The molecule has 0 bridgehead atoms. The molecule has 5 aliphatic rings. The molecule has 2 aliphatic carbocycles. The third kappa shape index (κ3) is 3.89. The molecule has 0 aromatic heterocycles. The first kappa shape index (κ1) is 24.9. The molecule has 2 unspecified atom stereocenters. The number of halogens is 1. The Hall–Kier alpha value is -1.36. The number of carbonyl (C=O) groups excluding carboxylic acids is 1. The number of hydrogen-bond donors (Lipinski definition) is 1. The maximum atomic E-state index is 14.9. The molecule has 0 spiro atoms. The van der Waals surface area contributed by atoms with Gasteiger partial charge in [-0.2, -0.15) is 0 Å². The molecule has 3 heterocycles. The van der Waals surface area contributed by atoms with Crippen LogP contribution in [0.3, 0.4) is 0 Å². The Balaban J connectivity index is 1.22. The summed E-state index contributed by atoms with van der Waals surface area (Å²) in [5, 5.41) is 10.3. The van der Waals surface area contributed by atoms with Crippen LogP contribution in [0.1, 0.15) is 33.1 Å². The molecule has 0 radical (unpaired) electrons. The molecule has 8 nitrogen and oxygen atoms in total. The highest BCUT2D eigenvalue weighted by Crippen LogP contribution is 2.60. The minimum absolute atomic E-state index is 0.0509. The Morgan fingerprint density at radius 3 is 2.53 bits per heavy atom. The normalized spacial score (nSPS) is 34.9. The lowest BCUT2D eigenvalue weighted by Crippen LogP contribution is -2.58. The second-order valence-corrected chi connectivity index (χ2v) is 14.4. The molecule has 10 heteroatoms. The van der Waals surface area contributed by atoms with Gasteiger partial charge in [0.15, 0.2) is 0 Å². The highest BCUT2D eigenvalue weighted by Gasteiger charge is 2.70. The van der Waals surface area contributed by atoms with Gasteiger partial charge < -0.3 is 19.5 Å². The van der Waals surface area contributed by atoms with Gasteiger partial charge in [-0.15, -0.1) is 0 Å². The molecule has 36 heavy (non-hydrogen) atoms. The van der Waals surface area contributed by atoms with Crippen LogP contribution in [-0.4, -0.2) is 105 Å². The summed E-state index contributed by atoms with van der Waals surface area (Å²) in [4.78, 5) is 18.8. The van der Waals surface area contributed by atoms with Gasteiger partial charge in [-0.1, -0.05) is 11.6 Å². The minimum Gasteiger partial charge on any atom is -0.448 e. The number of carbonyl (C=O) groups is 1. The third-order valence-electron chi connectivity index (χ3n) is 8.91. The van der Waals surface area contributed by atoms with Crippen LogP contribution in [0.2, 0.25) is 5.02 Å². The van der Waals surface area contributed by atoms with Crippen molar-refractivity contribution in [3.8, 4) is 0 Å². The summed E-state index contributed by atoms with van der Waals surface area (Å²) in [6.45, 7) is 7.96. The molecule has 3 aliphatic heterocycles. The van der Waals surface area contributed by atoms with Crippen LogP contribution in [0.5, 0.6) is 0 Å². The van der Waals surface area contributed by atoms with E-state index in [-0.39, 0.29) is 36.9 Å². The van der Waals surface area contributed by atoms with E-state index in [1.54, 1.807) is 4.90 Å². The minimum atomic E-state index is -2.59. The standard InChI is InChI=1S/C26H36ClN3O5S/c1-25(2,16-31)29-11-9-28(10-12-29)24(32)35-17-26-13-23(26)36(33,20-7-5-19(27)6-8-20)30-21(18-3-4-18)14-34-15-22(26)30/h5-8,18,21-22,31H,3-4,9-17H2,1-2H3/t21-,22+,26?,36?/m0/s1. The lowest BCUT2D eigenvalue weighted by Gasteiger charge is -2.44. The van der Waals surface area contributed by atoms with E-state index in [2.05, 4.69) is 9.21 Å². The Morgan fingerprint density at radius 1 is 1.19 bits per heavy atom. The molecule has 198 valence electrons. The zero-order valence-electron chi connectivity index (χ0n) is 21.0. The quantitative estimate of drug-likeness (QED) is 0.561. The van der Waals surface area contributed by atoms with Gasteiger partial charge in [-0.25, -0.2) is 13.3 Å². The van der Waals surface area contributed by atoms with Crippen molar-refractivity contribution < 1.29 is 23.6 Å². The first-order valence-corrected chi connectivity index (χ1v) is 14.9. The van der Waals surface area contributed by atoms with E-state index < -0.39 is 15.1 Å². The summed E-state index contributed by atoms with van der Waals surface area (Å²) in [5.74, 6) is 0.512. The zero-order valence-corrected chi connectivity index (χ0v) is 22.6. The number of piperazine rings is 1. The maximum absolute atomic E-state index is 14.9. The fourth-order valence-corrected chi connectivity index (χ4v) is 10.2. The average molecular weight is 538 g/mol. The average Bonchev–Trinajstić information content (AvgIpc) is 3.82. The van der Waals surface area contributed by atoms with Crippen molar-refractivity contribution in [2.75, 3.05) is 52.6 Å². The van der Waals surface area contributed by atoms with Crippen LogP contribution >= 0.6 is 11.6 Å². The molecule has 2 saturated heterocycles. The molecular weight excluding hydrogens is 502 g/mol. The number of nitrogens with zero attached hydrogens (tertiary/aromatic N) is 3. The van der Waals surface area contributed by atoms with Crippen molar-refractivity contribution in [1.82, 2.24) is 14.1 Å². The van der Waals surface area contributed by atoms with Gasteiger partial charge in [-0.05, 0) is 63.3 Å². The Kier molecular flexibility index (Phi) is 6.13. The molecule has 1 amide bonds. The summed E-state index contributed by atoms with van der Waals surface area (Å²) in [7, 11) is -2.59. The van der Waals surface area contributed by atoms with Gasteiger partial charge in [0.25, 0.3) is 0 Å². The van der Waals surface area contributed by atoms with Gasteiger partial charge in [0.1, 0.15) is 6.61 Å². The summed E-state index contributed by atoms with van der Waals surface area (Å²) in [5.41, 5.74) is -0.720. The van der Waals surface area contributed by atoms with Crippen molar-refractivity contribution in [1.29, 1.82) is 0 Å². The van der Waals surface area contributed by atoms with Gasteiger partial charge in [-0.3, -0.25) is 4.90 Å². The summed E-state index contributed by atoms with van der Waals surface area (Å²) in [6, 6.07) is 7.48. The number of ether oxygens (including phenoxy) is 2.